The summed E-state index contributed by atoms with van der Waals surface area (Å²) in [6.45, 7) is 0. The number of anilines is 5. The van der Waals surface area contributed by atoms with E-state index in [-0.39, 0.29) is 17.2 Å². The van der Waals surface area contributed by atoms with Crippen molar-refractivity contribution in [2.45, 2.75) is 6.18 Å². The molecule has 0 aliphatic rings. The molecule has 0 saturated carbocycles. The van der Waals surface area contributed by atoms with E-state index in [1.54, 1.807) is 0 Å². The zero-order valence-electron chi connectivity index (χ0n) is 13.2. The van der Waals surface area contributed by atoms with Gasteiger partial charge in [0.2, 0.25) is 0 Å². The van der Waals surface area contributed by atoms with E-state index in [0.717, 1.165) is 22.3 Å². The van der Waals surface area contributed by atoms with Crippen LogP contribution in [-0.4, -0.2) is 9.97 Å². The van der Waals surface area contributed by atoms with Crippen molar-refractivity contribution in [1.82, 2.24) is 9.97 Å². The van der Waals surface area contributed by atoms with E-state index in [0.29, 0.717) is 5.82 Å². The predicted octanol–water partition coefficient (Wildman–Crippen LogP) is 5.33. The molecule has 0 aliphatic carbocycles. The summed E-state index contributed by atoms with van der Waals surface area (Å²) in [6, 6.07) is 12.2. The number of halogens is 4. The van der Waals surface area contributed by atoms with Gasteiger partial charge in [-0.1, -0.05) is 18.2 Å². The average Bonchev–Trinajstić information content (AvgIpc) is 2.60. The van der Waals surface area contributed by atoms with Crippen LogP contribution in [-0.2, 0) is 6.18 Å². The second-order valence-electron chi connectivity index (χ2n) is 5.29. The van der Waals surface area contributed by atoms with E-state index in [1.807, 2.05) is 24.3 Å². The lowest BCUT2D eigenvalue weighted by molar-refractivity contribution is -0.137. The molecule has 0 fully saturated rings. The van der Waals surface area contributed by atoms with E-state index < -0.39 is 11.7 Å². The number of rotatable bonds is 4. The molecule has 3 aromatic rings. The average molecular weight is 424 g/mol. The van der Waals surface area contributed by atoms with Crippen molar-refractivity contribution in [2.24, 2.45) is 0 Å². The van der Waals surface area contributed by atoms with Crippen molar-refractivity contribution >= 4 is 44.6 Å². The Labute approximate surface area is 155 Å². The third-order valence-corrected chi connectivity index (χ3v) is 4.15. The first-order valence-electron chi connectivity index (χ1n) is 7.41. The summed E-state index contributed by atoms with van der Waals surface area (Å²) in [5.74, 6) is 0.537. The van der Waals surface area contributed by atoms with Crippen molar-refractivity contribution in [3.8, 4) is 0 Å². The number of aromatic nitrogens is 2. The maximum absolute atomic E-state index is 12.8. The highest BCUT2D eigenvalue weighted by atomic mass is 79.9. The molecule has 0 spiro atoms. The minimum atomic E-state index is -4.43. The topological polar surface area (TPSA) is 75.9 Å². The molecule has 0 amide bonds. The number of nitrogens with zero attached hydrogens (tertiary/aromatic N) is 2. The number of hydrogen-bond donors (Lipinski definition) is 3. The highest BCUT2D eigenvalue weighted by Gasteiger charge is 2.30. The van der Waals surface area contributed by atoms with Gasteiger partial charge in [0.15, 0.2) is 11.6 Å². The summed E-state index contributed by atoms with van der Waals surface area (Å²) in [6.07, 6.45) is -3.16. The molecule has 9 heteroatoms. The minimum absolute atomic E-state index is 0.181. The Bertz CT molecular complexity index is 930. The molecule has 1 heterocycles. The normalized spacial score (nSPS) is 11.2. The van der Waals surface area contributed by atoms with Crippen LogP contribution in [0.15, 0.2) is 59.3 Å². The zero-order chi connectivity index (χ0) is 18.7. The van der Waals surface area contributed by atoms with Gasteiger partial charge >= 0.3 is 6.18 Å². The third-order valence-electron chi connectivity index (χ3n) is 3.46. The first-order chi connectivity index (χ1) is 12.3. The summed E-state index contributed by atoms with van der Waals surface area (Å²) in [4.78, 5) is 8.10. The maximum atomic E-state index is 12.8. The highest BCUT2D eigenvalue weighted by molar-refractivity contribution is 9.10. The van der Waals surface area contributed by atoms with Crippen LogP contribution < -0.4 is 16.4 Å². The molecule has 26 heavy (non-hydrogen) atoms. The van der Waals surface area contributed by atoms with Crippen LogP contribution in [0.25, 0.3) is 0 Å². The first kappa shape index (κ1) is 18.0. The standard InChI is InChI=1S/C17H13BrF3N5/c18-12-6-1-2-7-13(12)26-16-14(22)15(23-9-24-16)25-11-5-3-4-10(8-11)17(19,20)21/h1-9H,22H2,(H2,23,24,25,26). The van der Waals surface area contributed by atoms with Crippen LogP contribution >= 0.6 is 15.9 Å². The van der Waals surface area contributed by atoms with Gasteiger partial charge in [0, 0.05) is 10.2 Å². The van der Waals surface area contributed by atoms with Gasteiger partial charge in [-0.3, -0.25) is 0 Å². The molecule has 3 rings (SSSR count). The summed E-state index contributed by atoms with van der Waals surface area (Å²) in [5, 5.41) is 5.86. The summed E-state index contributed by atoms with van der Waals surface area (Å²) in [7, 11) is 0. The molecule has 2 aromatic carbocycles. The van der Waals surface area contributed by atoms with Gasteiger partial charge in [0.25, 0.3) is 0 Å². The van der Waals surface area contributed by atoms with Crippen LogP contribution in [0, 0.1) is 0 Å². The molecule has 0 aliphatic heterocycles. The van der Waals surface area contributed by atoms with Crippen LogP contribution in [0.1, 0.15) is 5.56 Å². The van der Waals surface area contributed by atoms with E-state index in [1.165, 1.54) is 18.5 Å². The second-order valence-corrected chi connectivity index (χ2v) is 6.15. The Morgan fingerprint density at radius 2 is 1.62 bits per heavy atom. The van der Waals surface area contributed by atoms with Crippen molar-refractivity contribution in [2.75, 3.05) is 16.4 Å². The van der Waals surface area contributed by atoms with Gasteiger partial charge in [-0.05, 0) is 46.3 Å². The molecule has 0 atom stereocenters. The Hall–Kier alpha value is -2.81. The fraction of sp³-hybridized carbons (Fsp3) is 0.0588. The smallest absolute Gasteiger partial charge is 0.393 e. The Kier molecular flexibility index (Phi) is 4.99. The lowest BCUT2D eigenvalue weighted by atomic mass is 10.2. The molecule has 0 unspecified atom stereocenters. The van der Waals surface area contributed by atoms with Crippen LogP contribution in [0.2, 0.25) is 0 Å². The van der Waals surface area contributed by atoms with Gasteiger partial charge in [-0.25, -0.2) is 9.97 Å². The minimum Gasteiger partial charge on any atom is -0.393 e. The molecular weight excluding hydrogens is 411 g/mol. The second kappa shape index (κ2) is 7.20. The van der Waals surface area contributed by atoms with Crippen molar-refractivity contribution in [3.63, 3.8) is 0 Å². The molecule has 1 aromatic heterocycles. The van der Waals surface area contributed by atoms with Crippen molar-refractivity contribution < 1.29 is 13.2 Å². The van der Waals surface area contributed by atoms with Crippen molar-refractivity contribution in [3.05, 3.63) is 64.9 Å². The van der Waals surface area contributed by atoms with Gasteiger partial charge < -0.3 is 16.4 Å². The number of nitrogens with one attached hydrogen (secondary N) is 2. The largest absolute Gasteiger partial charge is 0.416 e. The summed E-state index contributed by atoms with van der Waals surface area (Å²) in [5.41, 5.74) is 6.44. The van der Waals surface area contributed by atoms with Gasteiger partial charge in [0.05, 0.1) is 11.3 Å². The number of alkyl halides is 3. The fourth-order valence-corrected chi connectivity index (χ4v) is 2.58. The number of nitrogen functional groups attached to an aromatic ring is 1. The Morgan fingerprint density at radius 1 is 0.923 bits per heavy atom. The van der Waals surface area contributed by atoms with Crippen LogP contribution in [0.3, 0.4) is 0 Å². The number of para-hydroxylation sites is 1. The third kappa shape index (κ3) is 4.05. The van der Waals surface area contributed by atoms with E-state index in [9.17, 15) is 13.2 Å². The van der Waals surface area contributed by atoms with Gasteiger partial charge in [0.1, 0.15) is 12.0 Å². The van der Waals surface area contributed by atoms with E-state index >= 15 is 0 Å². The number of hydrogen-bond acceptors (Lipinski definition) is 5. The lowest BCUT2D eigenvalue weighted by Gasteiger charge is -2.14. The first-order valence-corrected chi connectivity index (χ1v) is 8.20. The summed E-state index contributed by atoms with van der Waals surface area (Å²) >= 11 is 3.41. The Balaban J connectivity index is 1.87. The lowest BCUT2D eigenvalue weighted by Crippen LogP contribution is -2.07. The molecule has 134 valence electrons. The van der Waals surface area contributed by atoms with Crippen LogP contribution in [0.4, 0.5) is 41.9 Å². The molecule has 0 radical (unpaired) electrons. The molecule has 0 saturated heterocycles. The van der Waals surface area contributed by atoms with Crippen LogP contribution in [0.5, 0.6) is 0 Å². The number of nitrogens with two attached hydrogens (primary N) is 1. The molecule has 5 nitrogen and oxygen atoms in total. The summed E-state index contributed by atoms with van der Waals surface area (Å²) < 4.78 is 39.3. The SMILES string of the molecule is Nc1c(Nc2cccc(C(F)(F)F)c2)ncnc1Nc1ccccc1Br. The Morgan fingerprint density at radius 3 is 2.31 bits per heavy atom. The van der Waals surface area contributed by atoms with Gasteiger partial charge in [-0.15, -0.1) is 0 Å². The molecular formula is C17H13BrF3N5. The van der Waals surface area contributed by atoms with Crippen molar-refractivity contribution in [1.29, 1.82) is 0 Å². The van der Waals surface area contributed by atoms with E-state index in [4.69, 9.17) is 5.73 Å². The monoisotopic (exact) mass is 423 g/mol. The quantitative estimate of drug-likeness (QED) is 0.528. The fourth-order valence-electron chi connectivity index (χ4n) is 2.19. The highest BCUT2D eigenvalue weighted by Crippen LogP contribution is 2.33. The molecule has 4 N–H and O–H groups in total. The van der Waals surface area contributed by atoms with E-state index in [2.05, 4.69) is 36.5 Å². The molecule has 0 bridgehead atoms. The predicted molar refractivity (Wildman–Crippen MR) is 98.6 cm³/mol. The number of benzene rings is 2. The maximum Gasteiger partial charge on any atom is 0.416 e. The zero-order valence-corrected chi connectivity index (χ0v) is 14.8. The van der Waals surface area contributed by atoms with Gasteiger partial charge in [-0.2, -0.15) is 13.2 Å².